The Balaban J connectivity index is 2.26. The average molecular weight is 296 g/mol. The third kappa shape index (κ3) is 3.19. The smallest absolute Gasteiger partial charge is 0.255 e. The molecule has 98 valence electrons. The molecule has 0 spiro atoms. The normalized spacial score (nSPS) is 10.3. The van der Waals surface area contributed by atoms with E-state index >= 15 is 0 Å². The van der Waals surface area contributed by atoms with Crippen molar-refractivity contribution in [3.05, 3.63) is 57.6 Å². The zero-order chi connectivity index (χ0) is 14.0. The van der Waals surface area contributed by atoms with Gasteiger partial charge in [0.15, 0.2) is 0 Å². The molecule has 1 amide bonds. The molecule has 2 aromatic rings. The van der Waals surface area contributed by atoms with E-state index in [1.807, 2.05) is 0 Å². The Morgan fingerprint density at radius 3 is 2.37 bits per heavy atom. The quantitative estimate of drug-likeness (QED) is 0.813. The number of carbonyl (C=O) groups is 1. The summed E-state index contributed by atoms with van der Waals surface area (Å²) in [6.45, 7) is 1.71. The molecule has 0 bridgehead atoms. The van der Waals surface area contributed by atoms with E-state index in [9.17, 15) is 9.90 Å². The van der Waals surface area contributed by atoms with Crippen LogP contribution in [-0.2, 0) is 0 Å². The molecule has 0 radical (unpaired) electrons. The van der Waals surface area contributed by atoms with Crippen LogP contribution in [0.1, 0.15) is 15.9 Å². The monoisotopic (exact) mass is 295 g/mol. The average Bonchev–Trinajstić information content (AvgIpc) is 2.36. The van der Waals surface area contributed by atoms with Gasteiger partial charge in [-0.1, -0.05) is 23.2 Å². The zero-order valence-electron chi connectivity index (χ0n) is 10.1. The highest BCUT2D eigenvalue weighted by Crippen LogP contribution is 2.31. The van der Waals surface area contributed by atoms with E-state index in [0.717, 1.165) is 0 Å². The van der Waals surface area contributed by atoms with Gasteiger partial charge in [0.05, 0.1) is 5.69 Å². The summed E-state index contributed by atoms with van der Waals surface area (Å²) >= 11 is 11.6. The number of halogens is 2. The summed E-state index contributed by atoms with van der Waals surface area (Å²) in [4.78, 5) is 12.0. The van der Waals surface area contributed by atoms with Crippen molar-refractivity contribution in [3.8, 4) is 5.75 Å². The van der Waals surface area contributed by atoms with Crippen molar-refractivity contribution in [1.29, 1.82) is 0 Å². The molecule has 0 fully saturated rings. The number of nitrogens with one attached hydrogen (secondary N) is 1. The highest BCUT2D eigenvalue weighted by atomic mass is 35.5. The fraction of sp³-hybridized carbons (Fsp3) is 0.0714. The number of phenolic OH excluding ortho intramolecular Hbond substituents is 1. The van der Waals surface area contributed by atoms with E-state index in [2.05, 4.69) is 5.32 Å². The molecule has 0 aliphatic carbocycles. The molecule has 0 heterocycles. The Kier molecular flexibility index (Phi) is 3.98. The summed E-state index contributed by atoms with van der Waals surface area (Å²) in [5.41, 5.74) is 1.32. The number of phenols is 1. The lowest BCUT2D eigenvalue weighted by atomic mass is 10.1. The molecule has 5 heteroatoms. The molecule has 0 atom stereocenters. The van der Waals surface area contributed by atoms with E-state index in [1.165, 1.54) is 6.07 Å². The highest BCUT2D eigenvalue weighted by Gasteiger charge is 2.11. The van der Waals surface area contributed by atoms with Gasteiger partial charge >= 0.3 is 0 Å². The second kappa shape index (κ2) is 5.51. The molecule has 0 saturated carbocycles. The molecular formula is C14H11Cl2NO2. The number of hydrogen-bond donors (Lipinski definition) is 2. The van der Waals surface area contributed by atoms with Crippen molar-refractivity contribution in [2.75, 3.05) is 5.32 Å². The molecule has 19 heavy (non-hydrogen) atoms. The van der Waals surface area contributed by atoms with E-state index < -0.39 is 0 Å². The lowest BCUT2D eigenvalue weighted by Gasteiger charge is -2.10. The number of hydrogen-bond acceptors (Lipinski definition) is 2. The van der Waals surface area contributed by atoms with Gasteiger partial charge in [0.2, 0.25) is 0 Å². The number of amides is 1. The summed E-state index contributed by atoms with van der Waals surface area (Å²) in [5.74, 6) is -0.333. The second-order valence-electron chi connectivity index (χ2n) is 4.08. The van der Waals surface area contributed by atoms with Gasteiger partial charge in [0.1, 0.15) is 5.75 Å². The maximum atomic E-state index is 12.0. The van der Waals surface area contributed by atoms with Crippen molar-refractivity contribution >= 4 is 34.8 Å². The third-order valence-corrected chi connectivity index (χ3v) is 3.09. The minimum absolute atomic E-state index is 0.00622. The molecule has 2 N–H and O–H groups in total. The second-order valence-corrected chi connectivity index (χ2v) is 4.95. The first-order valence-corrected chi connectivity index (χ1v) is 6.29. The van der Waals surface area contributed by atoms with E-state index in [0.29, 0.717) is 21.2 Å². The standard InChI is InChI=1S/C14H11Cl2NO2/c1-8-6-11(16)7-12(13(8)18)17-14(19)9-2-4-10(15)5-3-9/h2-7,18H,1H3,(H,17,19). The van der Waals surface area contributed by atoms with Crippen LogP contribution >= 0.6 is 23.2 Å². The molecule has 0 unspecified atom stereocenters. The van der Waals surface area contributed by atoms with Crippen molar-refractivity contribution in [2.45, 2.75) is 6.92 Å². The topological polar surface area (TPSA) is 49.3 Å². The first-order chi connectivity index (χ1) is 8.97. The number of anilines is 1. The summed E-state index contributed by atoms with van der Waals surface area (Å²) in [7, 11) is 0. The molecule has 0 aliphatic rings. The fourth-order valence-electron chi connectivity index (χ4n) is 1.63. The minimum atomic E-state index is -0.339. The molecule has 0 aliphatic heterocycles. The maximum absolute atomic E-state index is 12.0. The van der Waals surface area contributed by atoms with Crippen molar-refractivity contribution in [3.63, 3.8) is 0 Å². The Labute approximate surface area is 120 Å². The predicted octanol–water partition coefficient (Wildman–Crippen LogP) is 4.26. The summed E-state index contributed by atoms with van der Waals surface area (Å²) in [6.07, 6.45) is 0. The maximum Gasteiger partial charge on any atom is 0.255 e. The van der Waals surface area contributed by atoms with Gasteiger partial charge in [-0.25, -0.2) is 0 Å². The molecule has 2 rings (SSSR count). The first-order valence-electron chi connectivity index (χ1n) is 5.53. The van der Waals surface area contributed by atoms with Crippen LogP contribution in [0.5, 0.6) is 5.75 Å². The van der Waals surface area contributed by atoms with Crippen molar-refractivity contribution in [2.24, 2.45) is 0 Å². The van der Waals surface area contributed by atoms with Crippen LogP contribution in [-0.4, -0.2) is 11.0 Å². The molecule has 0 saturated heterocycles. The minimum Gasteiger partial charge on any atom is -0.505 e. The summed E-state index contributed by atoms with van der Waals surface area (Å²) < 4.78 is 0. The van der Waals surface area contributed by atoms with Crippen LogP contribution in [0.4, 0.5) is 5.69 Å². The molecular weight excluding hydrogens is 285 g/mol. The SMILES string of the molecule is Cc1cc(Cl)cc(NC(=O)c2ccc(Cl)cc2)c1O. The van der Waals surface area contributed by atoms with E-state index in [4.69, 9.17) is 23.2 Å². The molecule has 3 nitrogen and oxygen atoms in total. The van der Waals surface area contributed by atoms with Crippen LogP contribution in [0, 0.1) is 6.92 Å². The Bertz CT molecular complexity index is 624. The first kappa shape index (κ1) is 13.7. The van der Waals surface area contributed by atoms with Gasteiger partial charge in [0, 0.05) is 15.6 Å². The Morgan fingerprint density at radius 1 is 1.11 bits per heavy atom. The highest BCUT2D eigenvalue weighted by molar-refractivity contribution is 6.31. The molecule has 0 aromatic heterocycles. The lowest BCUT2D eigenvalue weighted by molar-refractivity contribution is 0.102. The van der Waals surface area contributed by atoms with Gasteiger partial charge < -0.3 is 10.4 Å². The number of aryl methyl sites for hydroxylation is 1. The lowest BCUT2D eigenvalue weighted by Crippen LogP contribution is -2.12. The largest absolute Gasteiger partial charge is 0.505 e. The van der Waals surface area contributed by atoms with Gasteiger partial charge in [0.25, 0.3) is 5.91 Å². The Hall–Kier alpha value is -1.71. The number of benzene rings is 2. The number of rotatable bonds is 2. The van der Waals surface area contributed by atoms with Crippen LogP contribution < -0.4 is 5.32 Å². The van der Waals surface area contributed by atoms with Crippen molar-refractivity contribution < 1.29 is 9.90 Å². The zero-order valence-corrected chi connectivity index (χ0v) is 11.6. The van der Waals surface area contributed by atoms with Crippen LogP contribution in [0.3, 0.4) is 0 Å². The predicted molar refractivity (Wildman–Crippen MR) is 77.3 cm³/mol. The third-order valence-electron chi connectivity index (χ3n) is 2.62. The van der Waals surface area contributed by atoms with Gasteiger partial charge in [-0.15, -0.1) is 0 Å². The summed E-state index contributed by atoms with van der Waals surface area (Å²) in [6, 6.07) is 9.57. The Morgan fingerprint density at radius 2 is 1.74 bits per heavy atom. The molecule has 2 aromatic carbocycles. The number of aromatic hydroxyl groups is 1. The van der Waals surface area contributed by atoms with Gasteiger partial charge in [-0.3, -0.25) is 4.79 Å². The van der Waals surface area contributed by atoms with Crippen LogP contribution in [0.25, 0.3) is 0 Å². The van der Waals surface area contributed by atoms with Gasteiger partial charge in [-0.2, -0.15) is 0 Å². The van der Waals surface area contributed by atoms with Crippen LogP contribution in [0.15, 0.2) is 36.4 Å². The van der Waals surface area contributed by atoms with Gasteiger partial charge in [-0.05, 0) is 48.9 Å². The van der Waals surface area contributed by atoms with E-state index in [1.54, 1.807) is 37.3 Å². The van der Waals surface area contributed by atoms with Crippen LogP contribution in [0.2, 0.25) is 10.0 Å². The number of carbonyl (C=O) groups excluding carboxylic acids is 1. The fourth-order valence-corrected chi connectivity index (χ4v) is 2.03. The summed E-state index contributed by atoms with van der Waals surface area (Å²) in [5, 5.41) is 13.5. The van der Waals surface area contributed by atoms with Crippen molar-refractivity contribution in [1.82, 2.24) is 0 Å². The van der Waals surface area contributed by atoms with E-state index in [-0.39, 0.29) is 17.3 Å².